The number of hydrogen-bond acceptors (Lipinski definition) is 5. The van der Waals surface area contributed by atoms with Crippen molar-refractivity contribution in [1.82, 2.24) is 0 Å². The first kappa shape index (κ1) is 20.1. The molecule has 0 aliphatic heterocycles. The highest BCUT2D eigenvalue weighted by Crippen LogP contribution is 2.27. The van der Waals surface area contributed by atoms with E-state index in [1.54, 1.807) is 12.1 Å². The Labute approximate surface area is 156 Å². The average Bonchev–Trinajstić information content (AvgIpc) is 2.91. The molecule has 142 valence electrons. The number of furan rings is 1. The summed E-state index contributed by atoms with van der Waals surface area (Å²) < 4.78 is 5.32. The summed E-state index contributed by atoms with van der Waals surface area (Å²) in [5, 5.41) is 2.42. The first-order valence-electron chi connectivity index (χ1n) is 8.46. The largest absolute Gasteiger partial charge is 0.444 e. The highest BCUT2D eigenvalue weighted by Gasteiger charge is 2.26. The van der Waals surface area contributed by atoms with E-state index >= 15 is 0 Å². The molecule has 0 saturated heterocycles. The second-order valence-electron chi connectivity index (χ2n) is 6.43. The van der Waals surface area contributed by atoms with E-state index in [0.717, 1.165) is 11.1 Å². The van der Waals surface area contributed by atoms with Gasteiger partial charge in [0.2, 0.25) is 11.8 Å². The summed E-state index contributed by atoms with van der Waals surface area (Å²) in [5.74, 6) is -1.93. The zero-order valence-electron chi connectivity index (χ0n) is 15.8. The maximum atomic E-state index is 12.3. The highest BCUT2D eigenvalue weighted by molar-refractivity contribution is 6.12. The molecule has 0 aliphatic carbocycles. The van der Waals surface area contributed by atoms with E-state index in [2.05, 4.69) is 5.32 Å². The number of rotatable bonds is 7. The lowest BCUT2D eigenvalue weighted by Crippen LogP contribution is -2.19. The second kappa shape index (κ2) is 7.99. The van der Waals surface area contributed by atoms with Crippen LogP contribution in [0.4, 0.5) is 5.88 Å². The van der Waals surface area contributed by atoms with Gasteiger partial charge >= 0.3 is 0 Å². The van der Waals surface area contributed by atoms with Crippen LogP contribution in [0.15, 0.2) is 22.6 Å². The first-order valence-corrected chi connectivity index (χ1v) is 8.46. The van der Waals surface area contributed by atoms with E-state index in [1.165, 1.54) is 13.8 Å². The van der Waals surface area contributed by atoms with Gasteiger partial charge in [-0.05, 0) is 44.9 Å². The van der Waals surface area contributed by atoms with E-state index in [4.69, 9.17) is 10.2 Å². The van der Waals surface area contributed by atoms with Crippen LogP contribution in [0.1, 0.15) is 67.7 Å². The molecule has 0 radical (unpaired) electrons. The maximum absolute atomic E-state index is 12.3. The van der Waals surface area contributed by atoms with Crippen molar-refractivity contribution in [3.05, 3.63) is 51.8 Å². The normalized spacial score (nSPS) is 10.5. The number of nitrogens with two attached hydrogens (primary N) is 1. The van der Waals surface area contributed by atoms with Crippen LogP contribution in [0.25, 0.3) is 0 Å². The Morgan fingerprint density at radius 2 is 1.67 bits per heavy atom. The van der Waals surface area contributed by atoms with Gasteiger partial charge in [0.15, 0.2) is 11.6 Å². The summed E-state index contributed by atoms with van der Waals surface area (Å²) in [6.07, 6.45) is -0.0986. The van der Waals surface area contributed by atoms with Crippen molar-refractivity contribution < 1.29 is 23.6 Å². The Bertz CT molecular complexity index is 940. The number of ketones is 2. The summed E-state index contributed by atoms with van der Waals surface area (Å²) >= 11 is 0. The number of benzene rings is 1. The fraction of sp³-hybridized carbons (Fsp3) is 0.300. The third-order valence-corrected chi connectivity index (χ3v) is 4.34. The molecule has 0 spiro atoms. The topological polar surface area (TPSA) is 119 Å². The number of aryl methyl sites for hydroxylation is 3. The molecule has 1 heterocycles. The minimum absolute atomic E-state index is 0.000501. The Kier molecular flexibility index (Phi) is 5.95. The number of amides is 2. The van der Waals surface area contributed by atoms with Crippen molar-refractivity contribution in [2.75, 3.05) is 5.32 Å². The molecule has 2 aromatic rings. The molecule has 0 aliphatic rings. The van der Waals surface area contributed by atoms with Crippen LogP contribution in [-0.2, 0) is 4.79 Å². The van der Waals surface area contributed by atoms with E-state index in [-0.39, 0.29) is 41.4 Å². The van der Waals surface area contributed by atoms with Gasteiger partial charge in [0.05, 0.1) is 5.56 Å². The molecule has 2 rings (SSSR count). The van der Waals surface area contributed by atoms with Crippen LogP contribution in [0, 0.1) is 20.8 Å². The lowest BCUT2D eigenvalue weighted by atomic mass is 10.0. The van der Waals surface area contributed by atoms with Crippen molar-refractivity contribution in [2.24, 2.45) is 5.73 Å². The van der Waals surface area contributed by atoms with Gasteiger partial charge in [0.25, 0.3) is 5.91 Å². The first-order chi connectivity index (χ1) is 12.6. The molecule has 0 atom stereocenters. The highest BCUT2D eigenvalue weighted by atomic mass is 16.4. The quantitative estimate of drug-likeness (QED) is 0.726. The summed E-state index contributed by atoms with van der Waals surface area (Å²) in [6, 6.07) is 5.37. The maximum Gasteiger partial charge on any atom is 0.255 e. The van der Waals surface area contributed by atoms with Crippen molar-refractivity contribution in [2.45, 2.75) is 40.5 Å². The van der Waals surface area contributed by atoms with Gasteiger partial charge in [0.1, 0.15) is 11.3 Å². The van der Waals surface area contributed by atoms with Crippen molar-refractivity contribution in [1.29, 1.82) is 0 Å². The molecule has 7 heteroatoms. The minimum atomic E-state index is -0.876. The van der Waals surface area contributed by atoms with Gasteiger partial charge in [-0.15, -0.1) is 0 Å². The standard InChI is InChI=1S/C20H22N2O5/c1-10-5-6-14(9-11(10)2)15(24)7-8-16(25)22-20-18(19(21)26)17(12(3)23)13(4)27-20/h5-6,9H,7-8H2,1-4H3,(H2,21,26)(H,22,25). The van der Waals surface area contributed by atoms with E-state index in [0.29, 0.717) is 5.56 Å². The Balaban J connectivity index is 2.09. The summed E-state index contributed by atoms with van der Waals surface area (Å²) in [4.78, 5) is 47.8. The lowest BCUT2D eigenvalue weighted by molar-refractivity contribution is -0.116. The van der Waals surface area contributed by atoms with Crippen LogP contribution in [0.5, 0.6) is 0 Å². The van der Waals surface area contributed by atoms with Gasteiger partial charge in [-0.1, -0.05) is 12.1 Å². The van der Waals surface area contributed by atoms with Gasteiger partial charge in [-0.25, -0.2) is 0 Å². The molecule has 0 unspecified atom stereocenters. The van der Waals surface area contributed by atoms with Crippen LogP contribution in [0.3, 0.4) is 0 Å². The third kappa shape index (κ3) is 4.49. The number of nitrogens with one attached hydrogen (secondary N) is 1. The molecule has 3 N–H and O–H groups in total. The molecule has 0 bridgehead atoms. The molecular weight excluding hydrogens is 348 g/mol. The van der Waals surface area contributed by atoms with Crippen LogP contribution < -0.4 is 11.1 Å². The van der Waals surface area contributed by atoms with Crippen LogP contribution >= 0.6 is 0 Å². The number of anilines is 1. The van der Waals surface area contributed by atoms with Crippen LogP contribution in [-0.4, -0.2) is 23.4 Å². The fourth-order valence-corrected chi connectivity index (χ4v) is 2.77. The predicted molar refractivity (Wildman–Crippen MR) is 100 cm³/mol. The monoisotopic (exact) mass is 370 g/mol. The molecule has 2 amide bonds. The number of hydrogen-bond donors (Lipinski definition) is 2. The predicted octanol–water partition coefficient (Wildman–Crippen LogP) is 3.11. The smallest absolute Gasteiger partial charge is 0.255 e. The summed E-state index contributed by atoms with van der Waals surface area (Å²) in [5.41, 5.74) is 7.82. The van der Waals surface area contributed by atoms with E-state index in [1.807, 2.05) is 19.9 Å². The van der Waals surface area contributed by atoms with Crippen molar-refractivity contribution in [3.63, 3.8) is 0 Å². The molecular formula is C20H22N2O5. The molecule has 27 heavy (non-hydrogen) atoms. The summed E-state index contributed by atoms with van der Waals surface area (Å²) in [7, 11) is 0. The van der Waals surface area contributed by atoms with Gasteiger partial charge in [-0.3, -0.25) is 24.5 Å². The lowest BCUT2D eigenvalue weighted by Gasteiger charge is -2.06. The Morgan fingerprint density at radius 3 is 2.22 bits per heavy atom. The van der Waals surface area contributed by atoms with Crippen molar-refractivity contribution >= 4 is 29.3 Å². The van der Waals surface area contributed by atoms with Gasteiger partial charge in [-0.2, -0.15) is 0 Å². The number of Topliss-reactive ketones (excluding diaryl/α,β-unsaturated/α-hetero) is 2. The Morgan fingerprint density at radius 1 is 1.00 bits per heavy atom. The second-order valence-corrected chi connectivity index (χ2v) is 6.43. The summed E-state index contributed by atoms with van der Waals surface area (Å²) in [6.45, 7) is 6.64. The minimum Gasteiger partial charge on any atom is -0.444 e. The van der Waals surface area contributed by atoms with E-state index < -0.39 is 17.6 Å². The zero-order chi connectivity index (χ0) is 20.3. The van der Waals surface area contributed by atoms with E-state index in [9.17, 15) is 19.2 Å². The Hall–Kier alpha value is -3.22. The van der Waals surface area contributed by atoms with Gasteiger partial charge < -0.3 is 10.2 Å². The zero-order valence-corrected chi connectivity index (χ0v) is 15.8. The van der Waals surface area contributed by atoms with Gasteiger partial charge in [0, 0.05) is 18.4 Å². The van der Waals surface area contributed by atoms with Crippen LogP contribution in [0.2, 0.25) is 0 Å². The van der Waals surface area contributed by atoms with Crippen molar-refractivity contribution in [3.8, 4) is 0 Å². The average molecular weight is 370 g/mol. The molecule has 7 nitrogen and oxygen atoms in total. The number of carbonyl (C=O) groups excluding carboxylic acids is 4. The SMILES string of the molecule is CC(=O)c1c(C)oc(NC(=O)CCC(=O)c2ccc(C)c(C)c2)c1C(N)=O. The molecule has 0 fully saturated rings. The number of primary amides is 1. The fourth-order valence-electron chi connectivity index (χ4n) is 2.77. The number of carbonyl (C=O) groups is 4. The molecule has 1 aromatic heterocycles. The molecule has 0 saturated carbocycles. The molecule has 1 aromatic carbocycles. The third-order valence-electron chi connectivity index (χ3n) is 4.34.